The van der Waals surface area contributed by atoms with Crippen LogP contribution in [0.25, 0.3) is 10.8 Å². The van der Waals surface area contributed by atoms with E-state index < -0.39 is 11.5 Å². The Bertz CT molecular complexity index is 719. The normalized spacial score (nSPS) is 13.8. The molecule has 1 atom stereocenters. The minimum Gasteiger partial charge on any atom is -0.481 e. The van der Waals surface area contributed by atoms with Gasteiger partial charge in [0, 0.05) is 5.38 Å². The molecule has 1 amide bonds. The number of aryl methyl sites for hydroxylation is 1. The number of hydrogen-bond acceptors (Lipinski definition) is 5. The van der Waals surface area contributed by atoms with Crippen LogP contribution in [-0.2, 0) is 4.79 Å². The third kappa shape index (κ3) is 3.98. The van der Waals surface area contributed by atoms with Crippen LogP contribution in [0.2, 0.25) is 0 Å². The highest BCUT2D eigenvalue weighted by molar-refractivity contribution is 7.13. The van der Waals surface area contributed by atoms with E-state index in [0.29, 0.717) is 10.8 Å². The Balaban J connectivity index is 2.17. The minimum absolute atomic E-state index is 0.0339. The Hall–Kier alpha value is -2.15. The number of nitrogens with zero attached hydrogens (tertiary/aromatic N) is 1. The van der Waals surface area contributed by atoms with Gasteiger partial charge >= 0.3 is 5.97 Å². The van der Waals surface area contributed by atoms with Gasteiger partial charge in [0.15, 0.2) is 10.8 Å². The number of furan rings is 1. The van der Waals surface area contributed by atoms with E-state index in [2.05, 4.69) is 10.3 Å². The molecular formula is C16H20N2O4S. The quantitative estimate of drug-likeness (QED) is 0.844. The highest BCUT2D eigenvalue weighted by atomic mass is 32.1. The molecule has 2 aromatic rings. The zero-order valence-corrected chi connectivity index (χ0v) is 14.4. The zero-order chi connectivity index (χ0) is 17.2. The summed E-state index contributed by atoms with van der Waals surface area (Å²) in [5, 5.41) is 14.1. The topological polar surface area (TPSA) is 92.4 Å². The number of hydrogen-bond donors (Lipinski definition) is 2. The summed E-state index contributed by atoms with van der Waals surface area (Å²) in [5.74, 6) is 0.0203. The fourth-order valence-electron chi connectivity index (χ4n) is 2.07. The number of carbonyl (C=O) groups is 2. The largest absolute Gasteiger partial charge is 0.481 e. The Kier molecular flexibility index (Phi) is 4.89. The average Bonchev–Trinajstić information content (AvgIpc) is 3.05. The number of carbonyl (C=O) groups excluding carboxylic acids is 1. The highest BCUT2D eigenvalue weighted by Crippen LogP contribution is 2.26. The molecule has 23 heavy (non-hydrogen) atoms. The smallest absolute Gasteiger partial charge is 0.305 e. The summed E-state index contributed by atoms with van der Waals surface area (Å²) < 4.78 is 5.49. The van der Waals surface area contributed by atoms with Gasteiger partial charge in [-0.05, 0) is 31.9 Å². The van der Waals surface area contributed by atoms with Gasteiger partial charge in [-0.2, -0.15) is 0 Å². The lowest BCUT2D eigenvalue weighted by atomic mass is 9.85. The number of aromatic nitrogens is 1. The molecule has 2 aromatic heterocycles. The number of thiazole rings is 1. The standard InChI is InChI=1S/C16H20N2O4S/c1-9(2)16(4,7-13(19)20)18-14(21)11-8-23-15(17-11)12-6-5-10(3)22-12/h5-6,8-9H,7H2,1-4H3,(H,18,21)(H,19,20). The van der Waals surface area contributed by atoms with Crippen LogP contribution in [0.1, 0.15) is 43.4 Å². The van der Waals surface area contributed by atoms with E-state index in [9.17, 15) is 9.59 Å². The van der Waals surface area contributed by atoms with Crippen molar-refractivity contribution in [3.05, 3.63) is 29.0 Å². The molecular weight excluding hydrogens is 316 g/mol. The molecule has 1 unspecified atom stereocenters. The van der Waals surface area contributed by atoms with Crippen LogP contribution in [0.15, 0.2) is 21.9 Å². The number of amides is 1. The molecule has 0 aliphatic carbocycles. The first kappa shape index (κ1) is 17.2. The van der Waals surface area contributed by atoms with Gasteiger partial charge in [0.2, 0.25) is 0 Å². The van der Waals surface area contributed by atoms with Gasteiger partial charge in [-0.15, -0.1) is 11.3 Å². The van der Waals surface area contributed by atoms with Crippen LogP contribution in [0.3, 0.4) is 0 Å². The Morgan fingerprint density at radius 1 is 1.43 bits per heavy atom. The van der Waals surface area contributed by atoms with Crippen molar-refractivity contribution in [1.82, 2.24) is 10.3 Å². The molecule has 2 N–H and O–H groups in total. The molecule has 2 rings (SSSR count). The SMILES string of the molecule is Cc1ccc(-c2nc(C(=O)NC(C)(CC(=O)O)C(C)C)cs2)o1. The number of carboxylic acids is 1. The average molecular weight is 336 g/mol. The maximum absolute atomic E-state index is 12.4. The van der Waals surface area contributed by atoms with E-state index in [4.69, 9.17) is 9.52 Å². The minimum atomic E-state index is -0.952. The number of aliphatic carboxylic acids is 1. The predicted octanol–water partition coefficient (Wildman–Crippen LogP) is 3.33. The third-order valence-corrected chi connectivity index (χ3v) is 4.74. The van der Waals surface area contributed by atoms with Crippen LogP contribution in [0.5, 0.6) is 0 Å². The molecule has 2 heterocycles. The maximum Gasteiger partial charge on any atom is 0.305 e. The first-order chi connectivity index (χ1) is 10.7. The van der Waals surface area contributed by atoms with Gasteiger partial charge in [-0.3, -0.25) is 9.59 Å². The van der Waals surface area contributed by atoms with Gasteiger partial charge in [-0.25, -0.2) is 4.98 Å². The summed E-state index contributed by atoms with van der Waals surface area (Å²) in [6.07, 6.45) is -0.148. The van der Waals surface area contributed by atoms with Crippen LogP contribution < -0.4 is 5.32 Å². The second-order valence-electron chi connectivity index (χ2n) is 6.05. The Morgan fingerprint density at radius 2 is 2.13 bits per heavy atom. The van der Waals surface area contributed by atoms with E-state index in [-0.39, 0.29) is 23.9 Å². The number of rotatable bonds is 6. The van der Waals surface area contributed by atoms with E-state index >= 15 is 0 Å². The summed E-state index contributed by atoms with van der Waals surface area (Å²) in [5.41, 5.74) is -0.579. The van der Waals surface area contributed by atoms with Crippen molar-refractivity contribution in [3.63, 3.8) is 0 Å². The summed E-state index contributed by atoms with van der Waals surface area (Å²) in [7, 11) is 0. The zero-order valence-electron chi connectivity index (χ0n) is 13.5. The van der Waals surface area contributed by atoms with Crippen molar-refractivity contribution in [1.29, 1.82) is 0 Å². The fourth-order valence-corrected chi connectivity index (χ4v) is 2.83. The molecule has 7 heteroatoms. The Labute approximate surface area is 138 Å². The van der Waals surface area contributed by atoms with Crippen LogP contribution in [-0.4, -0.2) is 27.5 Å². The van der Waals surface area contributed by atoms with Gasteiger partial charge in [0.05, 0.1) is 12.0 Å². The molecule has 0 saturated carbocycles. The fraction of sp³-hybridized carbons (Fsp3) is 0.438. The molecule has 0 aliphatic heterocycles. The number of carboxylic acid groups (broad SMARTS) is 1. The molecule has 0 aromatic carbocycles. The summed E-state index contributed by atoms with van der Waals surface area (Å²) >= 11 is 1.31. The molecule has 0 radical (unpaired) electrons. The molecule has 0 saturated heterocycles. The lowest BCUT2D eigenvalue weighted by Gasteiger charge is -2.33. The van der Waals surface area contributed by atoms with Gasteiger partial charge < -0.3 is 14.8 Å². The number of nitrogens with one attached hydrogen (secondary N) is 1. The van der Waals surface area contributed by atoms with Gasteiger partial charge in [0.1, 0.15) is 11.5 Å². The van der Waals surface area contributed by atoms with E-state index in [1.165, 1.54) is 11.3 Å². The second kappa shape index (κ2) is 6.54. The molecule has 0 spiro atoms. The molecule has 6 nitrogen and oxygen atoms in total. The maximum atomic E-state index is 12.4. The predicted molar refractivity (Wildman–Crippen MR) is 87.5 cm³/mol. The monoisotopic (exact) mass is 336 g/mol. The third-order valence-electron chi connectivity index (χ3n) is 3.88. The van der Waals surface area contributed by atoms with Crippen molar-refractivity contribution < 1.29 is 19.1 Å². The Morgan fingerprint density at radius 3 is 2.65 bits per heavy atom. The summed E-state index contributed by atoms with van der Waals surface area (Å²) in [6, 6.07) is 3.64. The van der Waals surface area contributed by atoms with E-state index in [1.807, 2.05) is 26.8 Å². The first-order valence-corrected chi connectivity index (χ1v) is 8.16. The van der Waals surface area contributed by atoms with Crippen molar-refractivity contribution in [3.8, 4) is 10.8 Å². The highest BCUT2D eigenvalue weighted by Gasteiger charge is 2.33. The lowest BCUT2D eigenvalue weighted by Crippen LogP contribution is -2.51. The molecule has 124 valence electrons. The van der Waals surface area contributed by atoms with Crippen LogP contribution >= 0.6 is 11.3 Å². The summed E-state index contributed by atoms with van der Waals surface area (Å²) in [6.45, 7) is 7.32. The lowest BCUT2D eigenvalue weighted by molar-refractivity contribution is -0.138. The van der Waals surface area contributed by atoms with Gasteiger partial charge in [0.25, 0.3) is 5.91 Å². The molecule has 0 bridgehead atoms. The molecule has 0 fully saturated rings. The van der Waals surface area contributed by atoms with Crippen molar-refractivity contribution in [2.24, 2.45) is 5.92 Å². The second-order valence-corrected chi connectivity index (χ2v) is 6.90. The van der Waals surface area contributed by atoms with E-state index in [1.54, 1.807) is 18.4 Å². The first-order valence-electron chi connectivity index (χ1n) is 7.28. The van der Waals surface area contributed by atoms with Gasteiger partial charge in [-0.1, -0.05) is 13.8 Å². The van der Waals surface area contributed by atoms with Crippen molar-refractivity contribution in [2.45, 2.75) is 39.7 Å². The van der Waals surface area contributed by atoms with E-state index in [0.717, 1.165) is 5.76 Å². The van der Waals surface area contributed by atoms with Crippen LogP contribution in [0, 0.1) is 12.8 Å². The summed E-state index contributed by atoms with van der Waals surface area (Å²) in [4.78, 5) is 27.7. The van der Waals surface area contributed by atoms with Crippen molar-refractivity contribution in [2.75, 3.05) is 0 Å². The van der Waals surface area contributed by atoms with Crippen molar-refractivity contribution >= 4 is 23.2 Å². The van der Waals surface area contributed by atoms with Crippen LogP contribution in [0.4, 0.5) is 0 Å². The molecule has 0 aliphatic rings.